The Labute approximate surface area is 145 Å². The highest BCUT2D eigenvalue weighted by molar-refractivity contribution is 5.35. The van der Waals surface area contributed by atoms with Crippen molar-refractivity contribution < 1.29 is 14.9 Å². The van der Waals surface area contributed by atoms with E-state index in [0.717, 1.165) is 44.9 Å². The van der Waals surface area contributed by atoms with Crippen molar-refractivity contribution in [1.82, 2.24) is 9.80 Å². The van der Waals surface area contributed by atoms with E-state index in [9.17, 15) is 5.11 Å². The molecule has 0 saturated carbocycles. The highest BCUT2D eigenvalue weighted by Crippen LogP contribution is 2.28. The molecule has 1 fully saturated rings. The van der Waals surface area contributed by atoms with Gasteiger partial charge in [0, 0.05) is 39.3 Å². The number of hydrogen-bond donors (Lipinski definition) is 2. The average Bonchev–Trinajstić information content (AvgIpc) is 2.61. The summed E-state index contributed by atoms with van der Waals surface area (Å²) in [5, 5.41) is 19.3. The van der Waals surface area contributed by atoms with Crippen molar-refractivity contribution >= 4 is 0 Å². The molecular formula is C19H32N2O3. The van der Waals surface area contributed by atoms with E-state index in [1.807, 2.05) is 18.2 Å². The Bertz CT molecular complexity index is 475. The minimum Gasteiger partial charge on any atom is -0.491 e. The minimum atomic E-state index is -0.487. The Balaban J connectivity index is 1.77. The first-order valence-corrected chi connectivity index (χ1v) is 9.09. The quantitative estimate of drug-likeness (QED) is 0.717. The van der Waals surface area contributed by atoms with Gasteiger partial charge in [0.1, 0.15) is 18.5 Å². The monoisotopic (exact) mass is 336 g/mol. The molecule has 2 N–H and O–H groups in total. The number of piperazine rings is 1. The normalized spacial score (nSPS) is 19.2. The summed E-state index contributed by atoms with van der Waals surface area (Å²) >= 11 is 0. The SMILES string of the molecule is CC[C@H](C)c1ccccc1OC[C@H](O)CN1CCN(CCO)CC1. The smallest absolute Gasteiger partial charge is 0.122 e. The summed E-state index contributed by atoms with van der Waals surface area (Å²) in [4.78, 5) is 4.52. The molecule has 5 heteroatoms. The van der Waals surface area contributed by atoms with E-state index in [0.29, 0.717) is 19.1 Å². The number of para-hydroxylation sites is 1. The second-order valence-corrected chi connectivity index (χ2v) is 6.68. The molecule has 0 radical (unpaired) electrons. The maximum absolute atomic E-state index is 10.3. The van der Waals surface area contributed by atoms with Crippen LogP contribution in [0.3, 0.4) is 0 Å². The van der Waals surface area contributed by atoms with Crippen LogP contribution < -0.4 is 4.74 Å². The van der Waals surface area contributed by atoms with Crippen molar-refractivity contribution in [3.05, 3.63) is 29.8 Å². The summed E-state index contributed by atoms with van der Waals surface area (Å²) in [5.41, 5.74) is 1.21. The van der Waals surface area contributed by atoms with Crippen molar-refractivity contribution in [2.45, 2.75) is 32.3 Å². The number of nitrogens with zero attached hydrogens (tertiary/aromatic N) is 2. The molecule has 1 saturated heterocycles. The third kappa shape index (κ3) is 5.74. The van der Waals surface area contributed by atoms with E-state index in [-0.39, 0.29) is 6.61 Å². The standard InChI is InChI=1S/C19H32N2O3/c1-3-16(2)18-6-4-5-7-19(18)24-15-17(23)14-21-10-8-20(9-11-21)12-13-22/h4-7,16-17,22-23H,3,8-15H2,1-2H3/t16-,17+/m0/s1. The van der Waals surface area contributed by atoms with Gasteiger partial charge in [-0.3, -0.25) is 9.80 Å². The molecule has 1 aliphatic heterocycles. The zero-order chi connectivity index (χ0) is 17.4. The summed E-state index contributed by atoms with van der Waals surface area (Å²) in [6.45, 7) is 10.1. The van der Waals surface area contributed by atoms with Gasteiger partial charge in [-0.2, -0.15) is 0 Å². The lowest BCUT2D eigenvalue weighted by molar-refractivity contribution is 0.0426. The van der Waals surface area contributed by atoms with Crippen LogP contribution in [0.4, 0.5) is 0 Å². The Morgan fingerprint density at radius 3 is 2.46 bits per heavy atom. The molecule has 136 valence electrons. The van der Waals surface area contributed by atoms with Gasteiger partial charge >= 0.3 is 0 Å². The van der Waals surface area contributed by atoms with E-state index in [2.05, 4.69) is 29.7 Å². The fraction of sp³-hybridized carbons (Fsp3) is 0.684. The molecule has 0 unspecified atom stereocenters. The number of aliphatic hydroxyl groups is 2. The number of hydrogen-bond acceptors (Lipinski definition) is 5. The maximum atomic E-state index is 10.3. The van der Waals surface area contributed by atoms with Crippen LogP contribution >= 0.6 is 0 Å². The largest absolute Gasteiger partial charge is 0.491 e. The molecule has 0 bridgehead atoms. The lowest BCUT2D eigenvalue weighted by atomic mass is 9.98. The number of ether oxygens (including phenoxy) is 1. The maximum Gasteiger partial charge on any atom is 0.122 e. The highest BCUT2D eigenvalue weighted by atomic mass is 16.5. The first-order chi connectivity index (χ1) is 11.6. The third-order valence-electron chi connectivity index (χ3n) is 4.84. The van der Waals surface area contributed by atoms with Gasteiger partial charge in [-0.25, -0.2) is 0 Å². The predicted molar refractivity (Wildman–Crippen MR) is 96.6 cm³/mol. The number of benzene rings is 1. The first kappa shape index (κ1) is 19.2. The van der Waals surface area contributed by atoms with Crippen LogP contribution in [0.1, 0.15) is 31.7 Å². The molecule has 0 amide bonds. The average molecular weight is 336 g/mol. The lowest BCUT2D eigenvalue weighted by Crippen LogP contribution is -2.49. The van der Waals surface area contributed by atoms with Crippen molar-refractivity contribution in [2.24, 2.45) is 0 Å². The van der Waals surface area contributed by atoms with Gasteiger partial charge in [0.15, 0.2) is 0 Å². The van der Waals surface area contributed by atoms with E-state index >= 15 is 0 Å². The van der Waals surface area contributed by atoms with E-state index in [1.165, 1.54) is 5.56 Å². The summed E-state index contributed by atoms with van der Waals surface area (Å²) < 4.78 is 5.90. The Hall–Kier alpha value is -1.14. The van der Waals surface area contributed by atoms with Gasteiger partial charge in [0.05, 0.1) is 6.61 Å². The third-order valence-corrected chi connectivity index (χ3v) is 4.84. The van der Waals surface area contributed by atoms with Gasteiger partial charge < -0.3 is 14.9 Å². The van der Waals surface area contributed by atoms with Gasteiger partial charge in [-0.05, 0) is 24.0 Å². The Morgan fingerprint density at radius 2 is 1.79 bits per heavy atom. The fourth-order valence-corrected chi connectivity index (χ4v) is 3.11. The number of β-amino-alcohol motifs (C(OH)–C–C–N with tert-alkyl or cyclic N) is 2. The molecular weight excluding hydrogens is 304 g/mol. The van der Waals surface area contributed by atoms with Crippen LogP contribution in [0, 0.1) is 0 Å². The van der Waals surface area contributed by atoms with Gasteiger partial charge in [0.2, 0.25) is 0 Å². The van der Waals surface area contributed by atoms with Gasteiger partial charge in [-0.1, -0.05) is 32.0 Å². The molecule has 1 heterocycles. The Kier molecular flexibility index (Phi) is 7.99. The molecule has 2 rings (SSSR count). The van der Waals surface area contributed by atoms with Crippen molar-refractivity contribution in [3.63, 3.8) is 0 Å². The Morgan fingerprint density at radius 1 is 1.12 bits per heavy atom. The molecule has 5 nitrogen and oxygen atoms in total. The fourth-order valence-electron chi connectivity index (χ4n) is 3.11. The van der Waals surface area contributed by atoms with Gasteiger partial charge in [-0.15, -0.1) is 0 Å². The summed E-state index contributed by atoms with van der Waals surface area (Å²) in [6, 6.07) is 8.11. The van der Waals surface area contributed by atoms with E-state index in [1.54, 1.807) is 0 Å². The van der Waals surface area contributed by atoms with E-state index in [4.69, 9.17) is 9.84 Å². The topological polar surface area (TPSA) is 56.2 Å². The molecule has 1 aliphatic rings. The van der Waals surface area contributed by atoms with Crippen LogP contribution in [0.15, 0.2) is 24.3 Å². The number of aliphatic hydroxyl groups excluding tert-OH is 2. The summed E-state index contributed by atoms with van der Waals surface area (Å²) in [5.74, 6) is 1.34. The first-order valence-electron chi connectivity index (χ1n) is 9.09. The summed E-state index contributed by atoms with van der Waals surface area (Å²) in [7, 11) is 0. The van der Waals surface area contributed by atoms with Crippen LogP contribution in [0.2, 0.25) is 0 Å². The highest BCUT2D eigenvalue weighted by Gasteiger charge is 2.19. The van der Waals surface area contributed by atoms with Crippen LogP contribution in [0.5, 0.6) is 5.75 Å². The van der Waals surface area contributed by atoms with Crippen molar-refractivity contribution in [3.8, 4) is 5.75 Å². The molecule has 2 atom stereocenters. The molecule has 0 aromatic heterocycles. The second kappa shape index (κ2) is 9.99. The molecule has 24 heavy (non-hydrogen) atoms. The molecule has 0 spiro atoms. The lowest BCUT2D eigenvalue weighted by Gasteiger charge is -2.35. The van der Waals surface area contributed by atoms with Crippen molar-refractivity contribution in [1.29, 1.82) is 0 Å². The number of rotatable bonds is 9. The minimum absolute atomic E-state index is 0.214. The second-order valence-electron chi connectivity index (χ2n) is 6.68. The zero-order valence-corrected chi connectivity index (χ0v) is 15.0. The molecule has 1 aromatic rings. The molecule has 0 aliphatic carbocycles. The van der Waals surface area contributed by atoms with Gasteiger partial charge in [0.25, 0.3) is 0 Å². The molecule has 1 aromatic carbocycles. The zero-order valence-electron chi connectivity index (χ0n) is 15.0. The summed E-state index contributed by atoms with van der Waals surface area (Å²) in [6.07, 6.45) is 0.584. The predicted octanol–water partition coefficient (Wildman–Crippen LogP) is 1.55. The van der Waals surface area contributed by atoms with E-state index < -0.39 is 6.10 Å². The van der Waals surface area contributed by atoms with Crippen LogP contribution in [-0.4, -0.2) is 78.6 Å². The van der Waals surface area contributed by atoms with Crippen molar-refractivity contribution in [2.75, 3.05) is 52.5 Å². The van der Waals surface area contributed by atoms with Crippen LogP contribution in [-0.2, 0) is 0 Å². The van der Waals surface area contributed by atoms with Crippen LogP contribution in [0.25, 0.3) is 0 Å².